The molecule has 0 spiro atoms. The molecule has 1 N–H and O–H groups in total. The van der Waals surface area contributed by atoms with Crippen LogP contribution in [0.4, 0.5) is 0 Å². The summed E-state index contributed by atoms with van der Waals surface area (Å²) in [5.74, 6) is 0.616. The fourth-order valence-electron chi connectivity index (χ4n) is 3.24. The van der Waals surface area contributed by atoms with Gasteiger partial charge in [0, 0.05) is 18.1 Å². The van der Waals surface area contributed by atoms with Gasteiger partial charge in [-0.05, 0) is 60.3 Å². The maximum atomic E-state index is 12.7. The molecule has 2 heterocycles. The fraction of sp³-hybridized carbons (Fsp3) is 0.526. The van der Waals surface area contributed by atoms with Crippen LogP contribution < -0.4 is 10.9 Å². The minimum Gasteiger partial charge on any atom is -0.317 e. The first-order valence-electron chi connectivity index (χ1n) is 8.29. The van der Waals surface area contributed by atoms with E-state index < -0.39 is 0 Å². The van der Waals surface area contributed by atoms with E-state index in [2.05, 4.69) is 44.3 Å². The zero-order chi connectivity index (χ0) is 15.7. The number of nitrogens with zero attached hydrogens (tertiary/aromatic N) is 1. The number of nitrogens with one attached hydrogen (secondary N) is 1. The van der Waals surface area contributed by atoms with Gasteiger partial charge >= 0.3 is 0 Å². The average Bonchev–Trinajstić information content (AvgIpc) is 2.50. The van der Waals surface area contributed by atoms with Crippen molar-refractivity contribution in [3.8, 4) is 0 Å². The number of piperidine rings is 1. The van der Waals surface area contributed by atoms with Crippen molar-refractivity contribution in [1.82, 2.24) is 9.88 Å². The van der Waals surface area contributed by atoms with Gasteiger partial charge < -0.3 is 9.88 Å². The molecule has 1 aromatic heterocycles. The van der Waals surface area contributed by atoms with E-state index in [1.807, 2.05) is 16.8 Å². The summed E-state index contributed by atoms with van der Waals surface area (Å²) in [4.78, 5) is 12.7. The summed E-state index contributed by atoms with van der Waals surface area (Å²) in [5.41, 5.74) is 1.53. The molecule has 0 saturated carbocycles. The van der Waals surface area contributed by atoms with Gasteiger partial charge in [-0.1, -0.05) is 32.9 Å². The summed E-state index contributed by atoms with van der Waals surface area (Å²) in [6, 6.07) is 8.34. The van der Waals surface area contributed by atoms with Crippen molar-refractivity contribution >= 4 is 10.8 Å². The first kappa shape index (κ1) is 15.3. The van der Waals surface area contributed by atoms with E-state index in [-0.39, 0.29) is 11.0 Å². The van der Waals surface area contributed by atoms with E-state index >= 15 is 0 Å². The molecule has 0 aliphatic carbocycles. The summed E-state index contributed by atoms with van der Waals surface area (Å²) >= 11 is 0. The predicted molar refractivity (Wildman–Crippen MR) is 92.5 cm³/mol. The van der Waals surface area contributed by atoms with E-state index in [1.165, 1.54) is 5.56 Å². The Morgan fingerprint density at radius 2 is 1.91 bits per heavy atom. The Balaban J connectivity index is 1.94. The van der Waals surface area contributed by atoms with Gasteiger partial charge in [-0.2, -0.15) is 0 Å². The van der Waals surface area contributed by atoms with Crippen molar-refractivity contribution in [2.24, 2.45) is 5.92 Å². The first-order chi connectivity index (χ1) is 10.4. The monoisotopic (exact) mass is 298 g/mol. The molecule has 0 atom stereocenters. The number of benzene rings is 1. The van der Waals surface area contributed by atoms with E-state index in [1.54, 1.807) is 0 Å². The van der Waals surface area contributed by atoms with Crippen LogP contribution in [-0.2, 0) is 12.0 Å². The van der Waals surface area contributed by atoms with Gasteiger partial charge in [0.15, 0.2) is 0 Å². The summed E-state index contributed by atoms with van der Waals surface area (Å²) in [6.07, 6.45) is 4.29. The van der Waals surface area contributed by atoms with Crippen LogP contribution in [0.1, 0.15) is 39.2 Å². The highest BCUT2D eigenvalue weighted by Crippen LogP contribution is 2.25. The Hall–Kier alpha value is -1.61. The Labute approximate surface area is 132 Å². The van der Waals surface area contributed by atoms with Crippen LogP contribution in [0.15, 0.2) is 35.3 Å². The van der Waals surface area contributed by atoms with Crippen LogP contribution in [-0.4, -0.2) is 17.7 Å². The summed E-state index contributed by atoms with van der Waals surface area (Å²) in [7, 11) is 0. The molecule has 118 valence electrons. The Morgan fingerprint density at radius 3 is 2.59 bits per heavy atom. The predicted octanol–water partition coefficient (Wildman–Crippen LogP) is 3.30. The molecule has 22 heavy (non-hydrogen) atoms. The molecule has 0 radical (unpaired) electrons. The maximum absolute atomic E-state index is 12.7. The van der Waals surface area contributed by atoms with E-state index in [0.29, 0.717) is 5.92 Å². The normalized spacial score (nSPS) is 17.0. The standard InChI is InChI=1S/C19H26N2O/c1-19(2,3)16-4-5-17-15(12-16)8-11-21(18(17)22)13-14-6-9-20-10-7-14/h4-5,8,11-12,14,20H,6-7,9-10,13H2,1-3H3. The lowest BCUT2D eigenvalue weighted by Crippen LogP contribution is -2.32. The van der Waals surface area contributed by atoms with Crippen LogP contribution in [0.25, 0.3) is 10.8 Å². The second-order valence-electron chi connectivity index (χ2n) is 7.52. The molecule has 1 aliphatic heterocycles. The lowest BCUT2D eigenvalue weighted by atomic mass is 9.86. The number of rotatable bonds is 2. The second-order valence-corrected chi connectivity index (χ2v) is 7.52. The minimum absolute atomic E-state index is 0.109. The molecular weight excluding hydrogens is 272 g/mol. The molecule has 0 amide bonds. The van der Waals surface area contributed by atoms with E-state index in [9.17, 15) is 4.79 Å². The van der Waals surface area contributed by atoms with Gasteiger partial charge in [0.1, 0.15) is 0 Å². The van der Waals surface area contributed by atoms with Gasteiger partial charge in [-0.3, -0.25) is 4.79 Å². The Kier molecular flexibility index (Phi) is 4.09. The van der Waals surface area contributed by atoms with Gasteiger partial charge in [0.05, 0.1) is 0 Å². The Bertz CT molecular complexity index is 718. The SMILES string of the molecule is CC(C)(C)c1ccc2c(=O)n(CC3CCNCC3)ccc2c1. The highest BCUT2D eigenvalue weighted by molar-refractivity contribution is 5.82. The number of hydrogen-bond acceptors (Lipinski definition) is 2. The third kappa shape index (κ3) is 3.09. The molecule has 3 rings (SSSR count). The molecule has 1 fully saturated rings. The molecule has 0 unspecified atom stereocenters. The molecular formula is C19H26N2O. The lowest BCUT2D eigenvalue weighted by Gasteiger charge is -2.23. The zero-order valence-electron chi connectivity index (χ0n) is 13.9. The van der Waals surface area contributed by atoms with Crippen molar-refractivity contribution in [2.45, 2.75) is 45.6 Å². The van der Waals surface area contributed by atoms with Crippen LogP contribution in [0, 0.1) is 5.92 Å². The largest absolute Gasteiger partial charge is 0.317 e. The molecule has 3 nitrogen and oxygen atoms in total. The summed E-state index contributed by atoms with van der Waals surface area (Å²) < 4.78 is 1.90. The average molecular weight is 298 g/mol. The quantitative estimate of drug-likeness (QED) is 0.923. The molecule has 0 bridgehead atoms. The maximum Gasteiger partial charge on any atom is 0.258 e. The van der Waals surface area contributed by atoms with Gasteiger partial charge in [0.25, 0.3) is 5.56 Å². The van der Waals surface area contributed by atoms with Crippen molar-refractivity contribution < 1.29 is 0 Å². The van der Waals surface area contributed by atoms with Crippen molar-refractivity contribution in [2.75, 3.05) is 13.1 Å². The highest BCUT2D eigenvalue weighted by atomic mass is 16.1. The highest BCUT2D eigenvalue weighted by Gasteiger charge is 2.16. The van der Waals surface area contributed by atoms with E-state index in [0.717, 1.165) is 43.2 Å². The van der Waals surface area contributed by atoms with Crippen molar-refractivity contribution in [3.05, 3.63) is 46.4 Å². The van der Waals surface area contributed by atoms with Crippen molar-refractivity contribution in [1.29, 1.82) is 0 Å². The number of pyridine rings is 1. The lowest BCUT2D eigenvalue weighted by molar-refractivity contribution is 0.330. The first-order valence-corrected chi connectivity index (χ1v) is 8.29. The zero-order valence-corrected chi connectivity index (χ0v) is 13.9. The Morgan fingerprint density at radius 1 is 1.18 bits per heavy atom. The minimum atomic E-state index is 0.109. The van der Waals surface area contributed by atoms with Gasteiger partial charge in [-0.15, -0.1) is 0 Å². The van der Waals surface area contributed by atoms with Gasteiger partial charge in [0.2, 0.25) is 0 Å². The third-order valence-electron chi connectivity index (χ3n) is 4.76. The number of aromatic nitrogens is 1. The van der Waals surface area contributed by atoms with Crippen LogP contribution in [0.3, 0.4) is 0 Å². The molecule has 1 aromatic carbocycles. The third-order valence-corrected chi connectivity index (χ3v) is 4.76. The fourth-order valence-corrected chi connectivity index (χ4v) is 3.24. The smallest absolute Gasteiger partial charge is 0.258 e. The summed E-state index contributed by atoms with van der Waals surface area (Å²) in [6.45, 7) is 9.59. The second kappa shape index (κ2) is 5.88. The van der Waals surface area contributed by atoms with Crippen LogP contribution in [0.2, 0.25) is 0 Å². The van der Waals surface area contributed by atoms with Crippen LogP contribution >= 0.6 is 0 Å². The molecule has 2 aromatic rings. The van der Waals surface area contributed by atoms with Gasteiger partial charge in [-0.25, -0.2) is 0 Å². The molecule has 3 heteroatoms. The van der Waals surface area contributed by atoms with Crippen molar-refractivity contribution in [3.63, 3.8) is 0 Å². The van der Waals surface area contributed by atoms with Crippen LogP contribution in [0.5, 0.6) is 0 Å². The summed E-state index contributed by atoms with van der Waals surface area (Å²) in [5, 5.41) is 5.27. The molecule has 1 saturated heterocycles. The molecule has 1 aliphatic rings. The van der Waals surface area contributed by atoms with E-state index in [4.69, 9.17) is 0 Å². The topological polar surface area (TPSA) is 34.0 Å². The number of hydrogen-bond donors (Lipinski definition) is 1. The number of fused-ring (bicyclic) bond motifs is 1.